The predicted molar refractivity (Wildman–Crippen MR) is 54.5 cm³/mol. The molecule has 1 atom stereocenters. The van der Waals surface area contributed by atoms with E-state index in [1.165, 1.54) is 11.3 Å². The van der Waals surface area contributed by atoms with Gasteiger partial charge in [-0.05, 0) is 12.8 Å². The van der Waals surface area contributed by atoms with E-state index in [9.17, 15) is 9.59 Å². The Bertz CT molecular complexity index is 444. The van der Waals surface area contributed by atoms with E-state index in [0.29, 0.717) is 12.4 Å². The fourth-order valence-electron chi connectivity index (χ4n) is 2.43. The van der Waals surface area contributed by atoms with Gasteiger partial charge in [-0.2, -0.15) is 4.98 Å². The summed E-state index contributed by atoms with van der Waals surface area (Å²) in [4.78, 5) is 31.0. The van der Waals surface area contributed by atoms with Gasteiger partial charge in [0.15, 0.2) is 5.82 Å². The molecule has 2 aliphatic heterocycles. The van der Waals surface area contributed by atoms with Gasteiger partial charge < -0.3 is 14.3 Å². The Labute approximate surface area is 97.4 Å². The van der Waals surface area contributed by atoms with E-state index in [1.807, 2.05) is 0 Å². The van der Waals surface area contributed by atoms with E-state index in [0.717, 1.165) is 12.8 Å². The minimum atomic E-state index is -0.275. The van der Waals surface area contributed by atoms with Gasteiger partial charge in [0.25, 0.3) is 0 Å². The predicted octanol–water partition coefficient (Wildman–Crippen LogP) is -0.597. The lowest BCUT2D eigenvalue weighted by atomic mass is 10.1. The summed E-state index contributed by atoms with van der Waals surface area (Å²) < 4.78 is 4.61. The quantitative estimate of drug-likeness (QED) is 0.685. The maximum absolute atomic E-state index is 12.1. The summed E-state index contributed by atoms with van der Waals surface area (Å²) in [5.74, 6) is 0.431. The maximum atomic E-state index is 12.1. The third-order valence-corrected chi connectivity index (χ3v) is 3.24. The number of carbonyl (C=O) groups is 2. The van der Waals surface area contributed by atoms with Gasteiger partial charge in [-0.1, -0.05) is 5.16 Å². The average molecular weight is 236 g/mol. The summed E-state index contributed by atoms with van der Waals surface area (Å²) in [5.41, 5.74) is 0. The smallest absolute Gasteiger partial charge is 0.246 e. The van der Waals surface area contributed by atoms with Crippen LogP contribution in [0.25, 0.3) is 0 Å². The van der Waals surface area contributed by atoms with Gasteiger partial charge in [-0.3, -0.25) is 9.59 Å². The first-order valence-electron chi connectivity index (χ1n) is 5.59. The van der Waals surface area contributed by atoms with Crippen LogP contribution in [-0.4, -0.2) is 50.9 Å². The maximum Gasteiger partial charge on any atom is 0.246 e. The average Bonchev–Trinajstić information content (AvgIpc) is 2.96. The van der Waals surface area contributed by atoms with Crippen molar-refractivity contribution in [1.29, 1.82) is 0 Å². The third kappa shape index (κ3) is 1.67. The fraction of sp³-hybridized carbons (Fsp3) is 0.600. The largest absolute Gasteiger partial charge is 0.343 e. The first-order valence-corrected chi connectivity index (χ1v) is 5.59. The molecule has 0 aliphatic carbocycles. The number of piperazine rings is 1. The van der Waals surface area contributed by atoms with Crippen LogP contribution in [0.3, 0.4) is 0 Å². The molecule has 1 aromatic rings. The van der Waals surface area contributed by atoms with Crippen molar-refractivity contribution in [3.8, 4) is 0 Å². The van der Waals surface area contributed by atoms with Crippen LogP contribution < -0.4 is 0 Å². The lowest BCUT2D eigenvalue weighted by molar-refractivity contribution is -0.154. The van der Waals surface area contributed by atoms with Gasteiger partial charge in [0.05, 0.1) is 6.54 Å². The first-order chi connectivity index (χ1) is 8.25. The van der Waals surface area contributed by atoms with Crippen LogP contribution in [0.15, 0.2) is 10.9 Å². The Morgan fingerprint density at radius 1 is 1.47 bits per heavy atom. The molecule has 2 saturated heterocycles. The molecule has 3 rings (SSSR count). The molecule has 0 aromatic carbocycles. The van der Waals surface area contributed by atoms with Crippen LogP contribution in [0.4, 0.5) is 0 Å². The number of rotatable bonds is 2. The van der Waals surface area contributed by atoms with Crippen LogP contribution in [0, 0.1) is 0 Å². The Hall–Kier alpha value is -1.92. The molecule has 7 nitrogen and oxygen atoms in total. The van der Waals surface area contributed by atoms with Crippen molar-refractivity contribution < 1.29 is 14.1 Å². The van der Waals surface area contributed by atoms with Gasteiger partial charge in [0, 0.05) is 6.54 Å². The molecule has 0 saturated carbocycles. The number of carbonyl (C=O) groups excluding carboxylic acids is 2. The molecule has 0 radical (unpaired) electrons. The minimum Gasteiger partial charge on any atom is -0.343 e. The zero-order chi connectivity index (χ0) is 11.8. The molecular formula is C10H12N4O3. The molecule has 0 N–H and O–H groups in total. The summed E-state index contributed by atoms with van der Waals surface area (Å²) in [7, 11) is 0. The lowest BCUT2D eigenvalue weighted by Crippen LogP contribution is -2.56. The first kappa shape index (κ1) is 10.2. The topological polar surface area (TPSA) is 79.5 Å². The van der Waals surface area contributed by atoms with Crippen LogP contribution in [0.2, 0.25) is 0 Å². The highest BCUT2D eigenvalue weighted by Gasteiger charge is 2.41. The van der Waals surface area contributed by atoms with E-state index >= 15 is 0 Å². The highest BCUT2D eigenvalue weighted by Crippen LogP contribution is 2.24. The summed E-state index contributed by atoms with van der Waals surface area (Å²) in [6, 6.07) is -0.275. The van der Waals surface area contributed by atoms with E-state index in [4.69, 9.17) is 0 Å². The molecule has 3 heterocycles. The highest BCUT2D eigenvalue weighted by atomic mass is 16.5. The minimum absolute atomic E-state index is 0.00750. The van der Waals surface area contributed by atoms with Crippen molar-refractivity contribution >= 4 is 11.8 Å². The van der Waals surface area contributed by atoms with Crippen molar-refractivity contribution in [2.45, 2.75) is 25.4 Å². The Kier molecular flexibility index (Phi) is 2.31. The molecule has 17 heavy (non-hydrogen) atoms. The zero-order valence-electron chi connectivity index (χ0n) is 9.20. The van der Waals surface area contributed by atoms with Gasteiger partial charge >= 0.3 is 0 Å². The molecule has 2 fully saturated rings. The van der Waals surface area contributed by atoms with Gasteiger partial charge in [0.2, 0.25) is 18.2 Å². The number of nitrogens with zero attached hydrogens (tertiary/aromatic N) is 4. The third-order valence-electron chi connectivity index (χ3n) is 3.24. The molecule has 7 heteroatoms. The Morgan fingerprint density at radius 3 is 3.12 bits per heavy atom. The summed E-state index contributed by atoms with van der Waals surface area (Å²) in [6.45, 7) is 1.06. The molecule has 1 unspecified atom stereocenters. The molecule has 0 spiro atoms. The number of aromatic nitrogens is 2. The summed E-state index contributed by atoms with van der Waals surface area (Å²) in [6.07, 6.45) is 2.87. The number of fused-ring (bicyclic) bond motifs is 1. The molecule has 2 amide bonds. The Morgan fingerprint density at radius 2 is 2.35 bits per heavy atom. The molecule has 2 aliphatic rings. The SMILES string of the molecule is O=C1C2CCCN2C(=O)CN1Cc1ncon1. The van der Waals surface area contributed by atoms with E-state index in [1.54, 1.807) is 4.90 Å². The number of hydrogen-bond donors (Lipinski definition) is 0. The van der Waals surface area contributed by atoms with Crippen molar-refractivity contribution in [3.05, 3.63) is 12.2 Å². The van der Waals surface area contributed by atoms with Gasteiger partial charge in [0.1, 0.15) is 12.6 Å². The molecule has 0 bridgehead atoms. The Balaban J connectivity index is 1.77. The summed E-state index contributed by atoms with van der Waals surface area (Å²) in [5, 5.41) is 3.65. The van der Waals surface area contributed by atoms with Crippen molar-refractivity contribution in [2.75, 3.05) is 13.1 Å². The molecule has 90 valence electrons. The van der Waals surface area contributed by atoms with Crippen molar-refractivity contribution in [3.63, 3.8) is 0 Å². The molecule has 1 aromatic heterocycles. The second-order valence-electron chi connectivity index (χ2n) is 4.29. The second kappa shape index (κ2) is 3.83. The lowest BCUT2D eigenvalue weighted by Gasteiger charge is -2.35. The van der Waals surface area contributed by atoms with E-state index in [-0.39, 0.29) is 30.9 Å². The number of amides is 2. The van der Waals surface area contributed by atoms with Crippen LogP contribution >= 0.6 is 0 Å². The number of hydrogen-bond acceptors (Lipinski definition) is 5. The van der Waals surface area contributed by atoms with Gasteiger partial charge in [-0.15, -0.1) is 0 Å². The molecular weight excluding hydrogens is 224 g/mol. The van der Waals surface area contributed by atoms with Crippen molar-refractivity contribution in [1.82, 2.24) is 19.9 Å². The van der Waals surface area contributed by atoms with Crippen LogP contribution in [-0.2, 0) is 16.1 Å². The second-order valence-corrected chi connectivity index (χ2v) is 4.29. The van der Waals surface area contributed by atoms with E-state index in [2.05, 4.69) is 14.7 Å². The highest BCUT2D eigenvalue weighted by molar-refractivity contribution is 5.95. The monoisotopic (exact) mass is 236 g/mol. The fourth-order valence-corrected chi connectivity index (χ4v) is 2.43. The zero-order valence-corrected chi connectivity index (χ0v) is 9.20. The summed E-state index contributed by atoms with van der Waals surface area (Å²) >= 11 is 0. The van der Waals surface area contributed by atoms with Crippen LogP contribution in [0.1, 0.15) is 18.7 Å². The van der Waals surface area contributed by atoms with Gasteiger partial charge in [-0.25, -0.2) is 0 Å². The standard InChI is InChI=1S/C10H12N4O3/c15-9-5-13(4-8-11-6-17-12-8)10(16)7-2-1-3-14(7)9/h6-7H,1-5H2. The van der Waals surface area contributed by atoms with Crippen LogP contribution in [0.5, 0.6) is 0 Å². The van der Waals surface area contributed by atoms with Crippen molar-refractivity contribution in [2.24, 2.45) is 0 Å². The normalized spacial score (nSPS) is 24.4. The van der Waals surface area contributed by atoms with E-state index < -0.39 is 0 Å².